The van der Waals surface area contributed by atoms with Gasteiger partial charge in [-0.25, -0.2) is 9.97 Å². The molecule has 0 atom stereocenters. The van der Waals surface area contributed by atoms with Gasteiger partial charge in [-0.05, 0) is 55.7 Å². The molecular weight excluding hydrogens is 448 g/mol. The Hall–Kier alpha value is -1.47. The fourth-order valence-electron chi connectivity index (χ4n) is 3.81. The van der Waals surface area contributed by atoms with E-state index in [-0.39, 0.29) is 0 Å². The summed E-state index contributed by atoms with van der Waals surface area (Å²) in [6.45, 7) is 5.76. The molecule has 2 aromatic rings. The van der Waals surface area contributed by atoms with Gasteiger partial charge in [0.25, 0.3) is 0 Å². The molecule has 1 N–H and O–H groups in total. The summed E-state index contributed by atoms with van der Waals surface area (Å²) in [4.78, 5) is 11.3. The van der Waals surface area contributed by atoms with Crippen molar-refractivity contribution in [3.63, 3.8) is 0 Å². The van der Waals surface area contributed by atoms with Crippen LogP contribution in [0.4, 0.5) is 11.6 Å². The van der Waals surface area contributed by atoms with Gasteiger partial charge in [-0.1, -0.05) is 28.8 Å². The summed E-state index contributed by atoms with van der Waals surface area (Å²) in [5.41, 5.74) is 2.55. The highest BCUT2D eigenvalue weighted by atomic mass is 79.9. The van der Waals surface area contributed by atoms with Crippen molar-refractivity contribution < 1.29 is 4.74 Å². The molecule has 1 aromatic carbocycles. The predicted octanol–water partition coefficient (Wildman–Crippen LogP) is 5.61. The second-order valence-corrected chi connectivity index (χ2v) is 9.30. The van der Waals surface area contributed by atoms with Crippen LogP contribution in [0.3, 0.4) is 0 Å². The predicted molar refractivity (Wildman–Crippen MR) is 127 cm³/mol. The van der Waals surface area contributed by atoms with Crippen molar-refractivity contribution >= 4 is 39.3 Å². The van der Waals surface area contributed by atoms with Crippen LogP contribution in [0.5, 0.6) is 5.75 Å². The molecule has 1 saturated carbocycles. The summed E-state index contributed by atoms with van der Waals surface area (Å²) in [5, 5.41) is 3.37. The number of hydrogen-bond donors (Lipinski definition) is 1. The van der Waals surface area contributed by atoms with E-state index in [1.807, 2.05) is 0 Å². The van der Waals surface area contributed by atoms with Crippen LogP contribution in [0, 0.1) is 5.92 Å². The number of ether oxygens (including phenoxy) is 1. The minimum Gasteiger partial charge on any atom is -0.489 e. The van der Waals surface area contributed by atoms with Crippen LogP contribution in [-0.4, -0.2) is 41.7 Å². The second-order valence-electron chi connectivity index (χ2n) is 7.40. The van der Waals surface area contributed by atoms with E-state index in [9.17, 15) is 0 Å². The van der Waals surface area contributed by atoms with E-state index in [0.717, 1.165) is 29.2 Å². The van der Waals surface area contributed by atoms with Crippen molar-refractivity contribution in [2.75, 3.05) is 41.9 Å². The van der Waals surface area contributed by atoms with E-state index in [0.29, 0.717) is 24.8 Å². The summed E-state index contributed by atoms with van der Waals surface area (Å²) in [6, 6.07) is 6.55. The van der Waals surface area contributed by atoms with Gasteiger partial charge in [-0.15, -0.1) is 0 Å². The molecule has 0 spiro atoms. The first-order chi connectivity index (χ1) is 14.2. The number of benzene rings is 1. The summed E-state index contributed by atoms with van der Waals surface area (Å²) in [5.74, 6) is 3.11. The largest absolute Gasteiger partial charge is 0.489 e. The van der Waals surface area contributed by atoms with Gasteiger partial charge >= 0.3 is 0 Å². The van der Waals surface area contributed by atoms with Gasteiger partial charge in [0.1, 0.15) is 0 Å². The topological polar surface area (TPSA) is 50.3 Å². The number of nitrogens with zero attached hydrogens (tertiary/aromatic N) is 3. The van der Waals surface area contributed by atoms with E-state index in [2.05, 4.69) is 67.5 Å². The highest BCUT2D eigenvalue weighted by molar-refractivity contribution is 9.10. The van der Waals surface area contributed by atoms with Gasteiger partial charge in [0.15, 0.2) is 5.75 Å². The van der Waals surface area contributed by atoms with Gasteiger partial charge in [0, 0.05) is 35.5 Å². The Morgan fingerprint density at radius 3 is 2.69 bits per heavy atom. The molecule has 1 aliphatic rings. The SMILES string of the molecule is CCN(CC1CCCC1)c1ccc(Br)cc1CNc1ncc(OCCSC)cn1. The van der Waals surface area contributed by atoms with Gasteiger partial charge in [-0.2, -0.15) is 11.8 Å². The highest BCUT2D eigenvalue weighted by Gasteiger charge is 2.19. The average molecular weight is 479 g/mol. The monoisotopic (exact) mass is 478 g/mol. The Morgan fingerprint density at radius 1 is 1.24 bits per heavy atom. The molecule has 1 heterocycles. The van der Waals surface area contributed by atoms with Crippen LogP contribution < -0.4 is 15.0 Å². The molecule has 3 rings (SSSR count). The van der Waals surface area contributed by atoms with E-state index in [1.54, 1.807) is 24.2 Å². The smallest absolute Gasteiger partial charge is 0.223 e. The van der Waals surface area contributed by atoms with Crippen molar-refractivity contribution in [1.29, 1.82) is 0 Å². The lowest BCUT2D eigenvalue weighted by Gasteiger charge is -2.29. The second kappa shape index (κ2) is 11.6. The molecule has 0 aliphatic heterocycles. The number of rotatable bonds is 11. The van der Waals surface area contributed by atoms with Crippen LogP contribution in [-0.2, 0) is 6.54 Å². The van der Waals surface area contributed by atoms with Crippen molar-refractivity contribution in [1.82, 2.24) is 9.97 Å². The number of aromatic nitrogens is 2. The Bertz CT molecular complexity index is 753. The maximum absolute atomic E-state index is 5.62. The van der Waals surface area contributed by atoms with Crippen LogP contribution in [0.15, 0.2) is 35.1 Å². The first kappa shape index (κ1) is 22.2. The van der Waals surface area contributed by atoms with Gasteiger partial charge < -0.3 is 15.0 Å². The molecule has 158 valence electrons. The molecular formula is C22H31BrN4OS. The zero-order valence-electron chi connectivity index (χ0n) is 17.4. The average Bonchev–Trinajstić information content (AvgIpc) is 3.25. The maximum Gasteiger partial charge on any atom is 0.223 e. The Balaban J connectivity index is 1.64. The lowest BCUT2D eigenvalue weighted by atomic mass is 10.1. The highest BCUT2D eigenvalue weighted by Crippen LogP contribution is 2.30. The minimum absolute atomic E-state index is 0.618. The van der Waals surface area contributed by atoms with E-state index >= 15 is 0 Å². The van der Waals surface area contributed by atoms with Gasteiger partial charge in [0.2, 0.25) is 5.95 Å². The normalized spacial score (nSPS) is 14.2. The fourth-order valence-corrected chi connectivity index (χ4v) is 4.46. The summed E-state index contributed by atoms with van der Waals surface area (Å²) < 4.78 is 6.71. The number of anilines is 2. The third kappa shape index (κ3) is 6.78. The molecule has 0 unspecified atom stereocenters. The number of hydrogen-bond acceptors (Lipinski definition) is 6. The van der Waals surface area contributed by atoms with Gasteiger partial charge in [0.05, 0.1) is 19.0 Å². The molecule has 29 heavy (non-hydrogen) atoms. The van der Waals surface area contributed by atoms with Crippen LogP contribution >= 0.6 is 27.7 Å². The molecule has 5 nitrogen and oxygen atoms in total. The zero-order chi connectivity index (χ0) is 20.5. The maximum atomic E-state index is 5.62. The summed E-state index contributed by atoms with van der Waals surface area (Å²) in [6.07, 6.45) is 11.0. The molecule has 0 saturated heterocycles. The van der Waals surface area contributed by atoms with Crippen molar-refractivity contribution in [3.8, 4) is 5.75 Å². The minimum atomic E-state index is 0.618. The lowest BCUT2D eigenvalue weighted by Crippen LogP contribution is -2.29. The van der Waals surface area contributed by atoms with Crippen LogP contribution in [0.2, 0.25) is 0 Å². The summed E-state index contributed by atoms with van der Waals surface area (Å²) in [7, 11) is 0. The van der Waals surface area contributed by atoms with Crippen molar-refractivity contribution in [2.45, 2.75) is 39.2 Å². The van der Waals surface area contributed by atoms with Crippen LogP contribution in [0.25, 0.3) is 0 Å². The Kier molecular flexibility index (Phi) is 8.92. The quantitative estimate of drug-likeness (QED) is 0.423. The van der Waals surface area contributed by atoms with E-state index < -0.39 is 0 Å². The summed E-state index contributed by atoms with van der Waals surface area (Å²) >= 11 is 5.39. The Labute approximate surface area is 187 Å². The number of thioether (sulfide) groups is 1. The first-order valence-corrected chi connectivity index (χ1v) is 12.6. The van der Waals surface area contributed by atoms with Crippen molar-refractivity contribution in [3.05, 3.63) is 40.6 Å². The van der Waals surface area contributed by atoms with E-state index in [1.165, 1.54) is 36.9 Å². The number of nitrogens with one attached hydrogen (secondary N) is 1. The van der Waals surface area contributed by atoms with Crippen LogP contribution in [0.1, 0.15) is 38.2 Å². The molecule has 1 aliphatic carbocycles. The molecule has 7 heteroatoms. The molecule has 0 bridgehead atoms. The molecule has 1 aromatic heterocycles. The fraction of sp³-hybridized carbons (Fsp3) is 0.545. The molecule has 0 amide bonds. The van der Waals surface area contributed by atoms with Crippen molar-refractivity contribution in [2.24, 2.45) is 5.92 Å². The Morgan fingerprint density at radius 2 is 2.00 bits per heavy atom. The first-order valence-electron chi connectivity index (χ1n) is 10.4. The zero-order valence-corrected chi connectivity index (χ0v) is 19.8. The lowest BCUT2D eigenvalue weighted by molar-refractivity contribution is 0.341. The third-order valence-electron chi connectivity index (χ3n) is 5.34. The number of halogens is 1. The molecule has 0 radical (unpaired) electrons. The van der Waals surface area contributed by atoms with Gasteiger partial charge in [-0.3, -0.25) is 0 Å². The molecule has 1 fully saturated rings. The van der Waals surface area contributed by atoms with E-state index in [4.69, 9.17) is 4.74 Å². The standard InChI is InChI=1S/C22H31BrN4OS/c1-3-27(16-17-6-4-5-7-17)21-9-8-19(23)12-18(21)13-24-22-25-14-20(15-26-22)28-10-11-29-2/h8-9,12,14-15,17H,3-7,10-11,13,16H2,1-2H3,(H,24,25,26). The third-order valence-corrected chi connectivity index (χ3v) is 6.41.